The van der Waals surface area contributed by atoms with Gasteiger partial charge in [-0.05, 0) is 23.6 Å². The zero-order chi connectivity index (χ0) is 70.5. The number of benzene rings is 1. The highest BCUT2D eigenvalue weighted by atomic mass is 32.2. The molecule has 2 aromatic rings. The van der Waals surface area contributed by atoms with Crippen molar-refractivity contribution in [3.63, 3.8) is 0 Å². The highest BCUT2D eigenvalue weighted by Gasteiger charge is 2.45. The van der Waals surface area contributed by atoms with Gasteiger partial charge in [0.1, 0.15) is 41.0 Å². The maximum absolute atomic E-state index is 15.2. The van der Waals surface area contributed by atoms with E-state index in [2.05, 4.69) is 47.8 Å². The number of hydrazine groups is 2. The van der Waals surface area contributed by atoms with Crippen molar-refractivity contribution in [1.29, 1.82) is 0 Å². The molecule has 5 aliphatic heterocycles. The van der Waals surface area contributed by atoms with Gasteiger partial charge in [0.15, 0.2) is 5.78 Å². The Labute approximate surface area is 566 Å². The van der Waals surface area contributed by atoms with Crippen LogP contribution >= 0.6 is 11.8 Å². The Kier molecular flexibility index (Phi) is 29.8. The second-order valence-electron chi connectivity index (χ2n) is 24.3. The lowest BCUT2D eigenvalue weighted by Crippen LogP contribution is -2.62. The third-order valence-corrected chi connectivity index (χ3v) is 19.6. The Morgan fingerprint density at radius 1 is 0.784 bits per heavy atom. The van der Waals surface area contributed by atoms with Crippen LogP contribution in [0.5, 0.6) is 5.75 Å². The van der Waals surface area contributed by atoms with Crippen LogP contribution in [-0.2, 0) is 99.4 Å². The summed E-state index contributed by atoms with van der Waals surface area (Å²) in [6, 6.07) is -6.12. The quantitative estimate of drug-likeness (QED) is 0.0268. The number of ketones is 1. The van der Waals surface area contributed by atoms with Gasteiger partial charge >= 0.3 is 0 Å². The number of likely N-dealkylation sites (tertiary alicyclic amines) is 1. The summed E-state index contributed by atoms with van der Waals surface area (Å²) in [5.41, 5.74) is 12.7. The fraction of sp³-hybridized carbons (Fsp3) is 0.656. The van der Waals surface area contributed by atoms with Crippen molar-refractivity contribution in [1.82, 2.24) is 62.7 Å². The van der Waals surface area contributed by atoms with E-state index in [1.54, 1.807) is 32.0 Å². The number of aromatic nitrogens is 1. The number of Topliss-reactive ketones (excluding diaryl/α,β-unsaturated/α-hetero) is 1. The van der Waals surface area contributed by atoms with Crippen LogP contribution in [0.25, 0.3) is 10.9 Å². The lowest BCUT2D eigenvalue weighted by Gasteiger charge is -2.32. The maximum Gasteiger partial charge on any atom is 0.246 e. The van der Waals surface area contributed by atoms with Gasteiger partial charge in [-0.3, -0.25) is 66.9 Å². The molecule has 1 aromatic heterocycles. The Morgan fingerprint density at radius 3 is 2.08 bits per heavy atom. The Bertz CT molecular complexity index is 3210. The molecule has 2 saturated heterocycles. The molecule has 34 nitrogen and oxygen atoms in total. The lowest BCUT2D eigenvalue weighted by atomic mass is 9.86. The number of aromatic hydroxyl groups is 1. The minimum Gasteiger partial charge on any atom is -0.508 e. The number of aliphatic hydroxyl groups excluding tert-OH is 3. The first-order chi connectivity index (χ1) is 46.4. The molecule has 1 aromatic carbocycles. The molecule has 0 radical (unpaired) electrons. The molecule has 5 aliphatic rings. The summed E-state index contributed by atoms with van der Waals surface area (Å²) in [6.07, 6.45) is -2.96. The van der Waals surface area contributed by atoms with Crippen molar-refractivity contribution < 1.29 is 101 Å². The maximum atomic E-state index is 15.2. The number of imide groups is 1. The molecule has 538 valence electrons. The lowest BCUT2D eigenvalue weighted by molar-refractivity contribution is -0.144. The number of nitrogens with one attached hydrogen (secondary N) is 9. The van der Waals surface area contributed by atoms with Crippen molar-refractivity contribution in [2.45, 2.75) is 119 Å². The molecule has 2 bridgehead atoms. The first-order valence-electron chi connectivity index (χ1n) is 32.3. The molecular formula is C61H91N13O21S2. The van der Waals surface area contributed by atoms with Crippen molar-refractivity contribution in [2.75, 3.05) is 117 Å². The Morgan fingerprint density at radius 2 is 1.44 bits per heavy atom. The third-order valence-electron chi connectivity index (χ3n) is 17.2. The molecular weight excluding hydrogens is 1310 g/mol. The number of thioether (sulfide) groups is 1. The predicted molar refractivity (Wildman–Crippen MR) is 345 cm³/mol. The van der Waals surface area contributed by atoms with Gasteiger partial charge in [-0.15, -0.1) is 5.53 Å². The van der Waals surface area contributed by atoms with E-state index >= 15 is 4.21 Å². The number of aliphatic hydroxyl groups is 3. The molecule has 10 amide bonds. The number of hydrogen-bond acceptors (Lipinski definition) is 25. The smallest absolute Gasteiger partial charge is 0.246 e. The molecule has 0 spiro atoms. The summed E-state index contributed by atoms with van der Waals surface area (Å²) in [7, 11) is -2.48. The second-order valence-corrected chi connectivity index (χ2v) is 26.9. The first-order valence-corrected chi connectivity index (χ1v) is 34.7. The van der Waals surface area contributed by atoms with Crippen LogP contribution in [0.1, 0.15) is 70.9 Å². The highest BCUT2D eigenvalue weighted by Crippen LogP contribution is 2.36. The normalized spacial score (nSPS) is 25.3. The van der Waals surface area contributed by atoms with Crippen molar-refractivity contribution >= 4 is 98.3 Å². The number of amides is 10. The molecule has 0 aliphatic carbocycles. The molecule has 36 heteroatoms. The van der Waals surface area contributed by atoms with Crippen LogP contribution in [0, 0.1) is 23.7 Å². The summed E-state index contributed by atoms with van der Waals surface area (Å²) in [4.78, 5) is 157. The third kappa shape index (κ3) is 21.8. The van der Waals surface area contributed by atoms with E-state index in [1.807, 2.05) is 0 Å². The molecule has 7 rings (SSSR count). The molecule has 0 saturated carbocycles. The number of H-pyrrole nitrogens is 1. The van der Waals surface area contributed by atoms with Crippen LogP contribution in [0.4, 0.5) is 0 Å². The van der Waals surface area contributed by atoms with Gasteiger partial charge in [-0.1, -0.05) is 34.1 Å². The minimum atomic E-state index is -2.48. The Balaban J connectivity index is 1.02. The number of nitrogens with two attached hydrogens (primary N) is 1. The predicted octanol–water partition coefficient (Wildman–Crippen LogP) is -4.95. The van der Waals surface area contributed by atoms with E-state index in [4.69, 9.17) is 29.4 Å². The van der Waals surface area contributed by atoms with Gasteiger partial charge in [0, 0.05) is 78.6 Å². The first kappa shape index (κ1) is 77.0. The summed E-state index contributed by atoms with van der Waals surface area (Å²) in [5, 5.41) is 60.2. The van der Waals surface area contributed by atoms with E-state index in [-0.39, 0.29) is 89.1 Å². The molecule has 15 N–H and O–H groups in total. The number of aromatic amines is 1. The zero-order valence-corrected chi connectivity index (χ0v) is 56.4. The molecule has 6 heterocycles. The number of rotatable bonds is 29. The van der Waals surface area contributed by atoms with Crippen molar-refractivity contribution in [2.24, 2.45) is 29.4 Å². The van der Waals surface area contributed by atoms with E-state index < -0.39 is 182 Å². The van der Waals surface area contributed by atoms with Gasteiger partial charge in [-0.25, -0.2) is 0 Å². The van der Waals surface area contributed by atoms with Crippen molar-refractivity contribution in [3.05, 3.63) is 35.2 Å². The van der Waals surface area contributed by atoms with Gasteiger partial charge in [0.05, 0.1) is 145 Å². The summed E-state index contributed by atoms with van der Waals surface area (Å²) < 4.78 is 43.5. The van der Waals surface area contributed by atoms with E-state index in [1.165, 1.54) is 35.7 Å². The van der Waals surface area contributed by atoms with Crippen LogP contribution in [-0.4, -0.2) is 269 Å². The zero-order valence-electron chi connectivity index (χ0n) is 54.7. The van der Waals surface area contributed by atoms with Gasteiger partial charge in [0.2, 0.25) is 59.1 Å². The van der Waals surface area contributed by atoms with Crippen LogP contribution in [0.2, 0.25) is 0 Å². The topological polar surface area (TPSA) is 480 Å². The number of phenolic OH excluding ortho intramolecular Hbond substituents is 1. The minimum absolute atomic E-state index is 0.0633. The van der Waals surface area contributed by atoms with Gasteiger partial charge < -0.3 is 97.1 Å². The standard InChI is InChI=1S/C61H91N13O21S2/c1-5-33(2)40-21-37(76)25-63-55(84)43-23-41-39-6-7-47(78)42(31-96-19-18-95-17-16-94-15-14-93-13-12-92-11-10-91-9-8-72-27-36(70-71-72)28-74-51(82)20-34(3)60(74)88)53(39)69-59(41)97(90)32-45(65-50(81)26-64-54(40)83)56(85)67-44(24-49(62)80)61(89)73-29-38(77)22-46(73)57(86)68-52(58(87)66-43)35(4)48(79)30-75/h6-7,27,33-35,38,40,43-46,48,52,69-71,75,77-79H,5,8-26,28-32H2,1-4H3,(H2,62,80)(H,63,84)(H,64,83)(H,65,81)(H,66,87)(H,67,85)(H,68,86)/t33-,34?,35-,38+,40-,43-,44-,45+,46-,48-,52-,97?/m0/s1. The van der Waals surface area contributed by atoms with E-state index in [0.29, 0.717) is 70.7 Å². The highest BCUT2D eigenvalue weighted by molar-refractivity contribution is 7.98. The van der Waals surface area contributed by atoms with Gasteiger partial charge in [-0.2, -0.15) is 11.8 Å². The van der Waals surface area contributed by atoms with Crippen LogP contribution in [0.3, 0.4) is 0 Å². The molecule has 2 unspecified atom stereocenters. The van der Waals surface area contributed by atoms with Crippen molar-refractivity contribution in [3.8, 4) is 5.75 Å². The number of hydrogen-bond donors (Lipinski definition) is 14. The van der Waals surface area contributed by atoms with E-state index in [0.717, 1.165) is 4.90 Å². The monoisotopic (exact) mass is 1410 g/mol. The molecule has 2 fully saturated rings. The molecule has 12 atom stereocenters. The number of ether oxygens (including phenoxy) is 5. The number of carbonyl (C=O) groups excluding carboxylic acids is 11. The number of primary amides is 1. The fourth-order valence-corrected chi connectivity index (χ4v) is 13.7. The van der Waals surface area contributed by atoms with Gasteiger partial charge in [0.25, 0.3) is 0 Å². The number of carbonyl (C=O) groups is 11. The van der Waals surface area contributed by atoms with Crippen LogP contribution < -0.4 is 48.6 Å². The summed E-state index contributed by atoms with van der Waals surface area (Å²) in [6.45, 7) is 7.45. The number of fused-ring (bicyclic) bond motifs is 5. The second kappa shape index (κ2) is 37.5. The van der Waals surface area contributed by atoms with Crippen LogP contribution in [0.15, 0.2) is 29.1 Å². The SMILES string of the molecule is CC[C@H](C)[C@@H]1CC(=O)CNC(=O)[C@@H]2Cc3c([nH]c4c(CSCCOCCOCCOCCOCCOCCN5C=C(CN6C(=O)CC(C)C6=O)NN5)c(O)ccc34)S(=O)C[C@@H](NC(=O)CNC1=O)C(=O)N[C@@H](CC(N)=O)C(=O)N1C[C@H](O)C[C@H]1C(=O)N[C@@H]([C@@H](C)[C@@H](O)CO)C(=O)N2. The summed E-state index contributed by atoms with van der Waals surface area (Å²) in [5.74, 6) is -13.0. The largest absolute Gasteiger partial charge is 0.508 e. The number of phenols is 1. The fourth-order valence-electron chi connectivity index (χ4n) is 11.5. The summed E-state index contributed by atoms with van der Waals surface area (Å²) >= 11 is 1.34. The average Bonchev–Trinajstić information content (AvgIpc) is 1.62. The Hall–Kier alpha value is -7.39. The number of nitrogens with zero attached hydrogens (tertiary/aromatic N) is 3. The average molecular weight is 1410 g/mol. The molecule has 97 heavy (non-hydrogen) atoms. The van der Waals surface area contributed by atoms with E-state index in [9.17, 15) is 73.2 Å².